The minimum atomic E-state index is -0.951. The fourth-order valence-corrected chi connectivity index (χ4v) is 2.94. The van der Waals surface area contributed by atoms with Crippen LogP contribution in [0.1, 0.15) is 37.3 Å². The molecule has 160 valence electrons. The Balaban J connectivity index is 1.52. The SMILES string of the molecule is CCC(C)OC(Cc1ccc(OCCc2nc(-c3ccco3)oc2C)cc1)C(=O)O. The van der Waals surface area contributed by atoms with Gasteiger partial charge in [-0.3, -0.25) is 0 Å². The van der Waals surface area contributed by atoms with Gasteiger partial charge in [0.1, 0.15) is 11.5 Å². The molecule has 30 heavy (non-hydrogen) atoms. The van der Waals surface area contributed by atoms with Crippen molar-refractivity contribution in [3.63, 3.8) is 0 Å². The number of rotatable bonds is 11. The van der Waals surface area contributed by atoms with E-state index in [1.165, 1.54) is 0 Å². The van der Waals surface area contributed by atoms with Gasteiger partial charge in [-0.15, -0.1) is 0 Å². The van der Waals surface area contributed by atoms with E-state index >= 15 is 0 Å². The third-order valence-corrected chi connectivity index (χ3v) is 4.82. The lowest BCUT2D eigenvalue weighted by molar-refractivity contribution is -0.153. The van der Waals surface area contributed by atoms with Crippen LogP contribution in [-0.4, -0.2) is 34.9 Å². The first kappa shape index (κ1) is 21.6. The van der Waals surface area contributed by atoms with Gasteiger partial charge in [0.15, 0.2) is 11.9 Å². The van der Waals surface area contributed by atoms with E-state index in [9.17, 15) is 9.90 Å². The van der Waals surface area contributed by atoms with E-state index in [0.717, 1.165) is 23.4 Å². The maximum Gasteiger partial charge on any atom is 0.333 e. The molecule has 0 aliphatic carbocycles. The Morgan fingerprint density at radius 3 is 2.63 bits per heavy atom. The summed E-state index contributed by atoms with van der Waals surface area (Å²) < 4.78 is 22.4. The van der Waals surface area contributed by atoms with Crippen LogP contribution in [0.15, 0.2) is 51.5 Å². The molecule has 3 aromatic rings. The molecule has 2 atom stereocenters. The number of hydrogen-bond donors (Lipinski definition) is 1. The molecule has 2 unspecified atom stereocenters. The minimum Gasteiger partial charge on any atom is -0.493 e. The van der Waals surface area contributed by atoms with Gasteiger partial charge >= 0.3 is 5.97 Å². The number of nitrogens with zero attached hydrogens (tertiary/aromatic N) is 1. The van der Waals surface area contributed by atoms with E-state index in [0.29, 0.717) is 36.8 Å². The Labute approximate surface area is 175 Å². The first-order valence-corrected chi connectivity index (χ1v) is 10.1. The fraction of sp³-hybridized carbons (Fsp3) is 0.391. The van der Waals surface area contributed by atoms with Gasteiger partial charge in [-0.05, 0) is 50.1 Å². The number of hydrogen-bond acceptors (Lipinski definition) is 6. The summed E-state index contributed by atoms with van der Waals surface area (Å²) in [5.41, 5.74) is 1.71. The average molecular weight is 413 g/mol. The van der Waals surface area contributed by atoms with Crippen LogP contribution < -0.4 is 4.74 Å². The Bertz CT molecular complexity index is 929. The molecule has 0 amide bonds. The van der Waals surface area contributed by atoms with Gasteiger partial charge in [0, 0.05) is 12.8 Å². The summed E-state index contributed by atoms with van der Waals surface area (Å²) in [4.78, 5) is 15.9. The first-order chi connectivity index (χ1) is 14.5. The van der Waals surface area contributed by atoms with Crippen molar-refractivity contribution in [2.24, 2.45) is 0 Å². The molecule has 2 heterocycles. The number of oxazole rings is 1. The standard InChI is InChI=1S/C23H27NO6/c1-4-15(2)29-21(23(25)26)14-17-7-9-18(10-8-17)27-13-11-19-16(3)30-22(24-19)20-6-5-12-28-20/h5-10,12,15,21H,4,11,13-14H2,1-3H3,(H,25,26). The Hall–Kier alpha value is -3.06. The van der Waals surface area contributed by atoms with Gasteiger partial charge in [0.25, 0.3) is 5.89 Å². The lowest BCUT2D eigenvalue weighted by Gasteiger charge is -2.18. The average Bonchev–Trinajstić information content (AvgIpc) is 3.38. The van der Waals surface area contributed by atoms with Crippen LogP contribution in [0.5, 0.6) is 5.75 Å². The molecule has 0 fully saturated rings. The number of carboxylic acid groups (broad SMARTS) is 1. The van der Waals surface area contributed by atoms with Crippen LogP contribution in [-0.2, 0) is 22.4 Å². The molecule has 7 nitrogen and oxygen atoms in total. The number of ether oxygens (including phenoxy) is 2. The summed E-state index contributed by atoms with van der Waals surface area (Å²) in [5.74, 6) is 1.55. The summed E-state index contributed by atoms with van der Waals surface area (Å²) >= 11 is 0. The van der Waals surface area contributed by atoms with Gasteiger partial charge in [-0.2, -0.15) is 0 Å². The van der Waals surface area contributed by atoms with E-state index in [1.54, 1.807) is 18.4 Å². The van der Waals surface area contributed by atoms with Crippen LogP contribution >= 0.6 is 0 Å². The zero-order valence-corrected chi connectivity index (χ0v) is 17.5. The molecular weight excluding hydrogens is 386 g/mol. The monoisotopic (exact) mass is 413 g/mol. The van der Waals surface area contributed by atoms with E-state index in [1.807, 2.05) is 45.0 Å². The topological polar surface area (TPSA) is 94.9 Å². The molecule has 0 aliphatic heterocycles. The molecule has 7 heteroatoms. The maximum absolute atomic E-state index is 11.4. The number of carboxylic acids is 1. The third kappa shape index (κ3) is 5.73. The van der Waals surface area contributed by atoms with Crippen molar-refractivity contribution in [1.29, 1.82) is 0 Å². The number of furan rings is 1. The molecule has 0 saturated carbocycles. The zero-order valence-electron chi connectivity index (χ0n) is 17.5. The highest BCUT2D eigenvalue weighted by molar-refractivity contribution is 5.72. The van der Waals surface area contributed by atoms with Gasteiger partial charge < -0.3 is 23.4 Å². The Morgan fingerprint density at radius 1 is 1.23 bits per heavy atom. The summed E-state index contributed by atoms with van der Waals surface area (Å²) in [6.07, 6.45) is 2.31. The second kappa shape index (κ2) is 10.1. The van der Waals surface area contributed by atoms with E-state index < -0.39 is 12.1 Å². The van der Waals surface area contributed by atoms with Crippen LogP contribution in [0, 0.1) is 6.92 Å². The molecule has 3 rings (SSSR count). The van der Waals surface area contributed by atoms with Crippen molar-refractivity contribution in [3.05, 3.63) is 59.7 Å². The predicted octanol–water partition coefficient (Wildman–Crippen LogP) is 4.68. The van der Waals surface area contributed by atoms with Crippen LogP contribution in [0.3, 0.4) is 0 Å². The molecule has 0 radical (unpaired) electrons. The number of aryl methyl sites for hydroxylation is 1. The molecule has 0 bridgehead atoms. The van der Waals surface area contributed by atoms with E-state index in [-0.39, 0.29) is 6.10 Å². The normalized spacial score (nSPS) is 13.2. The highest BCUT2D eigenvalue weighted by atomic mass is 16.5. The van der Waals surface area contributed by atoms with Crippen LogP contribution in [0.25, 0.3) is 11.7 Å². The van der Waals surface area contributed by atoms with Crippen molar-refractivity contribution >= 4 is 5.97 Å². The first-order valence-electron chi connectivity index (χ1n) is 10.1. The van der Waals surface area contributed by atoms with Crippen LogP contribution in [0.4, 0.5) is 0 Å². The maximum atomic E-state index is 11.4. The zero-order chi connectivity index (χ0) is 21.5. The lowest BCUT2D eigenvalue weighted by Crippen LogP contribution is -2.30. The largest absolute Gasteiger partial charge is 0.493 e. The minimum absolute atomic E-state index is 0.0954. The van der Waals surface area contributed by atoms with Gasteiger partial charge in [0.2, 0.25) is 0 Å². The Morgan fingerprint density at radius 2 is 2.00 bits per heavy atom. The van der Waals surface area contributed by atoms with Gasteiger partial charge in [0.05, 0.1) is 24.7 Å². The van der Waals surface area contributed by atoms with Crippen molar-refractivity contribution < 1.29 is 28.2 Å². The predicted molar refractivity (Wildman–Crippen MR) is 111 cm³/mol. The molecule has 0 saturated heterocycles. The van der Waals surface area contributed by atoms with E-state index in [4.69, 9.17) is 18.3 Å². The summed E-state index contributed by atoms with van der Waals surface area (Å²) in [7, 11) is 0. The van der Waals surface area contributed by atoms with Gasteiger partial charge in [-0.25, -0.2) is 9.78 Å². The molecule has 1 N–H and O–H groups in total. The number of carbonyl (C=O) groups is 1. The highest BCUT2D eigenvalue weighted by Crippen LogP contribution is 2.22. The van der Waals surface area contributed by atoms with Crippen molar-refractivity contribution in [2.75, 3.05) is 6.61 Å². The smallest absolute Gasteiger partial charge is 0.333 e. The number of aromatic nitrogens is 1. The lowest BCUT2D eigenvalue weighted by atomic mass is 10.1. The molecule has 1 aromatic carbocycles. The number of benzene rings is 1. The summed E-state index contributed by atoms with van der Waals surface area (Å²) in [5, 5.41) is 9.37. The van der Waals surface area contributed by atoms with Crippen molar-refractivity contribution in [2.45, 2.75) is 52.2 Å². The summed E-state index contributed by atoms with van der Waals surface area (Å²) in [6.45, 7) is 6.15. The quantitative estimate of drug-likeness (QED) is 0.488. The second-order valence-electron chi connectivity index (χ2n) is 7.13. The Kier molecular flexibility index (Phi) is 7.30. The molecule has 0 spiro atoms. The third-order valence-electron chi connectivity index (χ3n) is 4.82. The molecule has 2 aromatic heterocycles. The van der Waals surface area contributed by atoms with E-state index in [2.05, 4.69) is 4.98 Å². The van der Waals surface area contributed by atoms with Crippen molar-refractivity contribution in [1.82, 2.24) is 4.98 Å². The van der Waals surface area contributed by atoms with Gasteiger partial charge in [-0.1, -0.05) is 19.1 Å². The summed E-state index contributed by atoms with van der Waals surface area (Å²) in [6, 6.07) is 11.0. The van der Waals surface area contributed by atoms with Crippen LogP contribution in [0.2, 0.25) is 0 Å². The molecule has 0 aliphatic rings. The van der Waals surface area contributed by atoms with Crippen molar-refractivity contribution in [3.8, 4) is 17.4 Å². The number of aliphatic carboxylic acids is 1. The molecular formula is C23H27NO6. The fourth-order valence-electron chi connectivity index (χ4n) is 2.94. The highest BCUT2D eigenvalue weighted by Gasteiger charge is 2.21. The second-order valence-corrected chi connectivity index (χ2v) is 7.13.